The molecule has 0 radical (unpaired) electrons. The van der Waals surface area contributed by atoms with E-state index in [1.165, 1.54) is 12.0 Å². The lowest BCUT2D eigenvalue weighted by Crippen LogP contribution is -1.67. The lowest BCUT2D eigenvalue weighted by Gasteiger charge is -1.87. The third kappa shape index (κ3) is 9.00. The average Bonchev–Trinajstić information content (AvgIpc) is 2.02. The molecule has 0 spiro atoms. The molecule has 0 aromatic heterocycles. The normalized spacial score (nSPS) is 9.50. The summed E-state index contributed by atoms with van der Waals surface area (Å²) in [6.07, 6.45) is 11.5. The van der Waals surface area contributed by atoms with Crippen molar-refractivity contribution in [3.8, 4) is 0 Å². The number of hydrogen-bond donors (Lipinski definition) is 0. The Morgan fingerprint density at radius 2 is 2.08 bits per heavy atom. The maximum atomic E-state index is 3.61. The lowest BCUT2D eigenvalue weighted by atomic mass is 10.2. The van der Waals surface area contributed by atoms with Crippen LogP contribution in [0.25, 0.3) is 0 Å². The fourth-order valence-electron chi connectivity index (χ4n) is 0.807. The summed E-state index contributed by atoms with van der Waals surface area (Å²) in [6.45, 7) is 7.73. The molecule has 0 N–H and O–H groups in total. The van der Waals surface area contributed by atoms with Crippen molar-refractivity contribution in [2.24, 2.45) is 0 Å². The van der Waals surface area contributed by atoms with Gasteiger partial charge in [0.1, 0.15) is 0 Å². The Labute approximate surface area is 76.0 Å². The third-order valence-corrected chi connectivity index (χ3v) is 1.38. The molecule has 0 aliphatic carbocycles. The fourth-order valence-corrected chi connectivity index (χ4v) is 0.807. The molecule has 0 unspecified atom stereocenters. The molecule has 0 heteroatoms. The summed E-state index contributed by atoms with van der Waals surface area (Å²) in [5, 5.41) is 0. The van der Waals surface area contributed by atoms with E-state index in [-0.39, 0.29) is 0 Å². The van der Waals surface area contributed by atoms with Crippen LogP contribution >= 0.6 is 0 Å². The van der Waals surface area contributed by atoms with Gasteiger partial charge in [-0.1, -0.05) is 24.8 Å². The molecule has 0 rings (SSSR count). The summed E-state index contributed by atoms with van der Waals surface area (Å²) in [5.41, 5.74) is 4.43. The number of allylic oxidation sites excluding steroid dienone is 4. The van der Waals surface area contributed by atoms with Crippen LogP contribution < -0.4 is 0 Å². The molecular formula is C12H18. The first-order valence-corrected chi connectivity index (χ1v) is 4.43. The Bertz CT molecular complexity index is 196. The molecule has 12 heavy (non-hydrogen) atoms. The molecular weight excluding hydrogens is 144 g/mol. The van der Waals surface area contributed by atoms with Gasteiger partial charge in [-0.2, -0.15) is 0 Å². The van der Waals surface area contributed by atoms with Crippen molar-refractivity contribution in [2.75, 3.05) is 0 Å². The van der Waals surface area contributed by atoms with Gasteiger partial charge < -0.3 is 0 Å². The van der Waals surface area contributed by atoms with Crippen molar-refractivity contribution in [1.29, 1.82) is 0 Å². The molecule has 0 heterocycles. The fraction of sp³-hybridized carbons (Fsp3) is 0.417. The molecule has 0 aliphatic rings. The highest BCUT2D eigenvalue weighted by Gasteiger charge is 1.78. The highest BCUT2D eigenvalue weighted by molar-refractivity contribution is 4.97. The third-order valence-electron chi connectivity index (χ3n) is 1.38. The van der Waals surface area contributed by atoms with Crippen molar-refractivity contribution < 1.29 is 0 Å². The quantitative estimate of drug-likeness (QED) is 0.325. The minimum absolute atomic E-state index is 1.12. The topological polar surface area (TPSA) is 0 Å². The summed E-state index contributed by atoms with van der Waals surface area (Å²) >= 11 is 0. The van der Waals surface area contributed by atoms with Gasteiger partial charge in [-0.15, -0.1) is 5.73 Å². The molecule has 0 saturated carbocycles. The van der Waals surface area contributed by atoms with Crippen molar-refractivity contribution in [3.05, 3.63) is 42.2 Å². The van der Waals surface area contributed by atoms with E-state index in [0.717, 1.165) is 12.8 Å². The molecule has 0 saturated heterocycles. The van der Waals surface area contributed by atoms with Crippen LogP contribution in [0.2, 0.25) is 0 Å². The van der Waals surface area contributed by atoms with Crippen molar-refractivity contribution in [2.45, 2.75) is 33.1 Å². The molecule has 0 nitrogen and oxygen atoms in total. The summed E-state index contributed by atoms with van der Waals surface area (Å²) in [6, 6.07) is 0. The van der Waals surface area contributed by atoms with E-state index in [9.17, 15) is 0 Å². The van der Waals surface area contributed by atoms with Gasteiger partial charge in [-0.25, -0.2) is 0 Å². The highest BCUT2D eigenvalue weighted by atomic mass is 13.8. The standard InChI is InChI=1S/C12H18/c1-4-5-6-7-8-9-10-11-12(2)3/h4-6,10H,1,7-9H2,2-3H3/b6-5+. The van der Waals surface area contributed by atoms with Crippen LogP contribution in [-0.4, -0.2) is 0 Å². The zero-order chi connectivity index (χ0) is 9.23. The second-order valence-electron chi connectivity index (χ2n) is 2.94. The zero-order valence-corrected chi connectivity index (χ0v) is 8.14. The lowest BCUT2D eigenvalue weighted by molar-refractivity contribution is 0.868. The Kier molecular flexibility index (Phi) is 7.42. The predicted molar refractivity (Wildman–Crippen MR) is 56.1 cm³/mol. The monoisotopic (exact) mass is 162 g/mol. The van der Waals surface area contributed by atoms with Crippen molar-refractivity contribution in [1.82, 2.24) is 0 Å². The second-order valence-corrected chi connectivity index (χ2v) is 2.94. The number of unbranched alkanes of at least 4 members (excludes halogenated alkanes) is 2. The Morgan fingerprint density at radius 1 is 1.33 bits per heavy atom. The summed E-state index contributed by atoms with van der Waals surface area (Å²) in [4.78, 5) is 0. The van der Waals surface area contributed by atoms with Gasteiger partial charge in [0.05, 0.1) is 0 Å². The number of rotatable bonds is 5. The molecule has 66 valence electrons. The van der Waals surface area contributed by atoms with Crippen molar-refractivity contribution in [3.63, 3.8) is 0 Å². The first kappa shape index (κ1) is 11.0. The Balaban J connectivity index is 3.39. The largest absolute Gasteiger partial charge is 0.127 e. The molecule has 0 fully saturated rings. The van der Waals surface area contributed by atoms with Crippen LogP contribution in [0.1, 0.15) is 33.1 Å². The first-order chi connectivity index (χ1) is 5.77. The zero-order valence-electron chi connectivity index (χ0n) is 8.14. The summed E-state index contributed by atoms with van der Waals surface area (Å²) < 4.78 is 0. The minimum atomic E-state index is 1.12. The van der Waals surface area contributed by atoms with Gasteiger partial charge in [0.25, 0.3) is 0 Å². The van der Waals surface area contributed by atoms with E-state index >= 15 is 0 Å². The molecule has 0 aliphatic heterocycles. The SMILES string of the molecule is C=C/C=C/CCCC=C=C(C)C. The Hall–Kier alpha value is -1.00. The van der Waals surface area contributed by atoms with E-state index in [4.69, 9.17) is 0 Å². The second kappa shape index (κ2) is 8.10. The number of hydrogen-bond acceptors (Lipinski definition) is 0. The predicted octanol–water partition coefficient (Wildman–Crippen LogP) is 4.02. The van der Waals surface area contributed by atoms with Crippen LogP contribution in [0.4, 0.5) is 0 Å². The molecule has 0 bridgehead atoms. The van der Waals surface area contributed by atoms with Gasteiger partial charge >= 0.3 is 0 Å². The smallest absolute Gasteiger partial charge is 0.0271 e. The molecule has 0 amide bonds. The minimum Gasteiger partial charge on any atom is -0.127 e. The van der Waals surface area contributed by atoms with E-state index in [1.807, 2.05) is 12.2 Å². The van der Waals surface area contributed by atoms with Crippen LogP contribution in [0.15, 0.2) is 42.2 Å². The van der Waals surface area contributed by atoms with Crippen LogP contribution in [0, 0.1) is 0 Å². The molecule has 0 atom stereocenters. The van der Waals surface area contributed by atoms with E-state index in [0.29, 0.717) is 0 Å². The van der Waals surface area contributed by atoms with E-state index < -0.39 is 0 Å². The van der Waals surface area contributed by atoms with E-state index in [1.54, 1.807) is 0 Å². The van der Waals surface area contributed by atoms with Gasteiger partial charge in [0.2, 0.25) is 0 Å². The van der Waals surface area contributed by atoms with Gasteiger partial charge in [-0.05, 0) is 44.8 Å². The summed E-state index contributed by atoms with van der Waals surface area (Å²) in [5.74, 6) is 0. The Morgan fingerprint density at radius 3 is 2.67 bits per heavy atom. The summed E-state index contributed by atoms with van der Waals surface area (Å²) in [7, 11) is 0. The van der Waals surface area contributed by atoms with Crippen LogP contribution in [0.3, 0.4) is 0 Å². The van der Waals surface area contributed by atoms with Gasteiger partial charge in [0, 0.05) is 0 Å². The first-order valence-electron chi connectivity index (χ1n) is 4.43. The van der Waals surface area contributed by atoms with Crippen molar-refractivity contribution >= 4 is 0 Å². The van der Waals surface area contributed by atoms with Crippen LogP contribution in [-0.2, 0) is 0 Å². The maximum Gasteiger partial charge on any atom is -0.0271 e. The van der Waals surface area contributed by atoms with E-state index in [2.05, 4.69) is 38.3 Å². The maximum absolute atomic E-state index is 3.61. The molecule has 0 aromatic rings. The highest BCUT2D eigenvalue weighted by Crippen LogP contribution is 1.97. The van der Waals surface area contributed by atoms with Crippen LogP contribution in [0.5, 0.6) is 0 Å². The average molecular weight is 162 g/mol. The molecule has 0 aromatic carbocycles. The van der Waals surface area contributed by atoms with Gasteiger partial charge in [0.15, 0.2) is 0 Å². The van der Waals surface area contributed by atoms with Gasteiger partial charge in [-0.3, -0.25) is 0 Å².